The Bertz CT molecular complexity index is 685. The summed E-state index contributed by atoms with van der Waals surface area (Å²) in [5.74, 6) is -1.10. The molecule has 0 spiro atoms. The fourth-order valence-corrected chi connectivity index (χ4v) is 8.53. The van der Waals surface area contributed by atoms with E-state index in [0.29, 0.717) is 19.6 Å². The van der Waals surface area contributed by atoms with E-state index >= 15 is 0 Å². The molecule has 1 atom stereocenters. The number of carboxylic acid groups (broad SMARTS) is 1. The van der Waals surface area contributed by atoms with Crippen molar-refractivity contribution in [2.24, 2.45) is 0 Å². The minimum absolute atomic E-state index is 0.230. The Morgan fingerprint density at radius 3 is 1.00 bits per heavy atom. The van der Waals surface area contributed by atoms with Crippen molar-refractivity contribution < 1.29 is 23.5 Å². The Kier molecular flexibility index (Phi) is 37.1. The van der Waals surface area contributed by atoms with Crippen LogP contribution in [-0.2, 0) is 18.4 Å². The third-order valence-electron chi connectivity index (χ3n) is 9.85. The number of allylic oxidation sites excluding steroid dienone is 1. The van der Waals surface area contributed by atoms with Crippen LogP contribution in [0.4, 0.5) is 0 Å². The van der Waals surface area contributed by atoms with Gasteiger partial charge in [0.2, 0.25) is 0 Å². The summed E-state index contributed by atoms with van der Waals surface area (Å²) in [6.07, 6.45) is 43.7. The van der Waals surface area contributed by atoms with Gasteiger partial charge in [-0.3, -0.25) is 9.36 Å². The van der Waals surface area contributed by atoms with Crippen LogP contribution < -0.4 is 0 Å². The van der Waals surface area contributed by atoms with E-state index < -0.39 is 19.2 Å². The summed E-state index contributed by atoms with van der Waals surface area (Å²) in [4.78, 5) is 12.1. The summed E-state index contributed by atoms with van der Waals surface area (Å²) in [5.41, 5.74) is -1.13. The molecule has 0 radical (unpaired) electrons. The highest BCUT2D eigenvalue weighted by Gasteiger charge is 2.41. The van der Waals surface area contributed by atoms with Gasteiger partial charge in [-0.2, -0.15) is 0 Å². The second-order valence-corrected chi connectivity index (χ2v) is 16.8. The van der Waals surface area contributed by atoms with Crippen molar-refractivity contribution in [1.82, 2.24) is 0 Å². The first-order valence-corrected chi connectivity index (χ1v) is 22.9. The van der Waals surface area contributed by atoms with Gasteiger partial charge in [0, 0.05) is 0 Å². The van der Waals surface area contributed by atoms with Crippen LogP contribution in [0.15, 0.2) is 12.7 Å². The summed E-state index contributed by atoms with van der Waals surface area (Å²) in [6.45, 7) is 8.86. The summed E-state index contributed by atoms with van der Waals surface area (Å²) in [6, 6.07) is 0. The van der Waals surface area contributed by atoms with E-state index in [4.69, 9.17) is 9.05 Å². The van der Waals surface area contributed by atoms with Gasteiger partial charge in [0.1, 0.15) is 0 Å². The third-order valence-corrected chi connectivity index (χ3v) is 12.2. The van der Waals surface area contributed by atoms with Crippen LogP contribution in [0.2, 0.25) is 0 Å². The minimum atomic E-state index is -3.74. The van der Waals surface area contributed by atoms with Crippen LogP contribution in [-0.4, -0.2) is 29.9 Å². The first-order chi connectivity index (χ1) is 23.5. The standard InChI is InChI=1S/C42H83O5P/c1-4-7-10-12-14-16-18-20-22-24-26-28-30-32-34-36-39-46-48(45,41(42(43)44)38-9-6-3)47-40-37-35-33-31-29-27-25-23-21-19-17-15-13-11-8-5-2/h6,41H,3-5,7-40H2,1-2H3,(H,43,44). The van der Waals surface area contributed by atoms with Crippen LogP contribution in [0.5, 0.6) is 0 Å². The molecule has 5 nitrogen and oxygen atoms in total. The number of rotatable bonds is 41. The highest BCUT2D eigenvalue weighted by molar-refractivity contribution is 7.55. The van der Waals surface area contributed by atoms with Crippen LogP contribution in [0, 0.1) is 0 Å². The topological polar surface area (TPSA) is 72.8 Å². The normalized spacial score (nSPS) is 12.5. The van der Waals surface area contributed by atoms with Gasteiger partial charge in [-0.1, -0.05) is 213 Å². The van der Waals surface area contributed by atoms with Crippen molar-refractivity contribution in [2.45, 2.75) is 238 Å². The number of carbonyl (C=O) groups is 1. The lowest BCUT2D eigenvalue weighted by atomic mass is 10.0. The number of aliphatic carboxylic acids is 1. The van der Waals surface area contributed by atoms with Crippen molar-refractivity contribution in [1.29, 1.82) is 0 Å². The lowest BCUT2D eigenvalue weighted by molar-refractivity contribution is -0.137. The van der Waals surface area contributed by atoms with Crippen molar-refractivity contribution in [3.8, 4) is 0 Å². The molecule has 0 saturated heterocycles. The Labute approximate surface area is 300 Å². The molecule has 0 aliphatic heterocycles. The van der Waals surface area contributed by atoms with Crippen LogP contribution in [0.25, 0.3) is 0 Å². The molecule has 0 saturated carbocycles. The summed E-state index contributed by atoms with van der Waals surface area (Å²) < 4.78 is 25.4. The van der Waals surface area contributed by atoms with Crippen LogP contribution in [0.3, 0.4) is 0 Å². The Balaban J connectivity index is 4.02. The zero-order valence-corrected chi connectivity index (χ0v) is 33.2. The quantitative estimate of drug-likeness (QED) is 0.0391. The number of carboxylic acids is 1. The molecule has 1 N–H and O–H groups in total. The van der Waals surface area contributed by atoms with Crippen molar-refractivity contribution in [3.63, 3.8) is 0 Å². The van der Waals surface area contributed by atoms with E-state index in [1.54, 1.807) is 6.08 Å². The Morgan fingerprint density at radius 1 is 0.521 bits per heavy atom. The van der Waals surface area contributed by atoms with E-state index in [2.05, 4.69) is 20.4 Å². The maximum atomic E-state index is 13.7. The molecule has 286 valence electrons. The first-order valence-electron chi connectivity index (χ1n) is 21.2. The minimum Gasteiger partial charge on any atom is -0.481 e. The Hall–Kier alpha value is -0.640. The van der Waals surface area contributed by atoms with Gasteiger partial charge in [-0.15, -0.1) is 6.58 Å². The van der Waals surface area contributed by atoms with E-state index in [1.165, 1.54) is 167 Å². The molecule has 0 heterocycles. The molecule has 0 fully saturated rings. The molecule has 0 aromatic carbocycles. The second kappa shape index (κ2) is 37.6. The third kappa shape index (κ3) is 31.3. The molecule has 1 unspecified atom stereocenters. The van der Waals surface area contributed by atoms with Crippen molar-refractivity contribution >= 4 is 13.6 Å². The number of unbranched alkanes of at least 4 members (excludes halogenated alkanes) is 30. The maximum Gasteiger partial charge on any atom is 0.344 e. The smallest absolute Gasteiger partial charge is 0.344 e. The van der Waals surface area contributed by atoms with Crippen LogP contribution in [0.1, 0.15) is 232 Å². The summed E-state index contributed by atoms with van der Waals surface area (Å²) >= 11 is 0. The first kappa shape index (κ1) is 47.4. The number of hydrogen-bond donors (Lipinski definition) is 1. The lowest BCUT2D eigenvalue weighted by Crippen LogP contribution is -2.23. The van der Waals surface area contributed by atoms with Gasteiger partial charge in [0.05, 0.1) is 13.2 Å². The second-order valence-electron chi connectivity index (χ2n) is 14.5. The SMILES string of the molecule is C=CCCC(C(=O)O)P(=O)(OCCCCCCCCCCCCCCCCCC)OCCCCCCCCCCCCCCCCCC. The van der Waals surface area contributed by atoms with E-state index in [1.807, 2.05) is 0 Å². The maximum absolute atomic E-state index is 13.7. The molecule has 0 rings (SSSR count). The fraction of sp³-hybridized carbons (Fsp3) is 0.929. The predicted molar refractivity (Wildman–Crippen MR) is 209 cm³/mol. The van der Waals surface area contributed by atoms with E-state index in [-0.39, 0.29) is 6.42 Å². The van der Waals surface area contributed by atoms with E-state index in [0.717, 1.165) is 38.5 Å². The van der Waals surface area contributed by atoms with Gasteiger partial charge in [-0.05, 0) is 25.7 Å². The van der Waals surface area contributed by atoms with Crippen molar-refractivity contribution in [3.05, 3.63) is 12.7 Å². The molecular formula is C42H83O5P. The molecule has 0 bridgehead atoms. The molecule has 0 aliphatic rings. The van der Waals surface area contributed by atoms with Gasteiger partial charge >= 0.3 is 13.6 Å². The average Bonchev–Trinajstić information content (AvgIpc) is 3.07. The molecule has 0 aliphatic carbocycles. The molecular weight excluding hydrogens is 615 g/mol. The van der Waals surface area contributed by atoms with Gasteiger partial charge in [0.25, 0.3) is 0 Å². The lowest BCUT2D eigenvalue weighted by Gasteiger charge is -2.24. The molecule has 6 heteroatoms. The van der Waals surface area contributed by atoms with Gasteiger partial charge in [0.15, 0.2) is 5.66 Å². The average molecular weight is 699 g/mol. The molecule has 0 aromatic heterocycles. The molecule has 0 amide bonds. The zero-order chi connectivity index (χ0) is 35.2. The highest BCUT2D eigenvalue weighted by Crippen LogP contribution is 2.55. The van der Waals surface area contributed by atoms with Crippen LogP contribution >= 0.6 is 7.60 Å². The molecule has 48 heavy (non-hydrogen) atoms. The van der Waals surface area contributed by atoms with Gasteiger partial charge in [-0.25, -0.2) is 0 Å². The molecule has 0 aromatic rings. The zero-order valence-electron chi connectivity index (χ0n) is 32.3. The fourth-order valence-electron chi connectivity index (χ4n) is 6.59. The summed E-state index contributed by atoms with van der Waals surface area (Å²) in [7, 11) is -3.74. The monoisotopic (exact) mass is 699 g/mol. The number of hydrogen-bond acceptors (Lipinski definition) is 4. The largest absolute Gasteiger partial charge is 0.481 e. The predicted octanol–water partition coefficient (Wildman–Crippen LogP) is 15.2. The highest BCUT2D eigenvalue weighted by atomic mass is 31.2. The van der Waals surface area contributed by atoms with Crippen molar-refractivity contribution in [2.75, 3.05) is 13.2 Å². The summed E-state index contributed by atoms with van der Waals surface area (Å²) in [5, 5.41) is 9.86. The van der Waals surface area contributed by atoms with E-state index in [9.17, 15) is 14.5 Å². The Morgan fingerprint density at radius 2 is 0.771 bits per heavy atom. The van der Waals surface area contributed by atoms with Gasteiger partial charge < -0.3 is 14.2 Å².